The average Bonchev–Trinajstić information content (AvgIpc) is 3.34. The zero-order valence-electron chi connectivity index (χ0n) is 14.8. The van der Waals surface area contributed by atoms with Crippen molar-refractivity contribution in [1.82, 2.24) is 20.4 Å². The van der Waals surface area contributed by atoms with Gasteiger partial charge in [-0.25, -0.2) is 4.39 Å². The molecule has 27 heavy (non-hydrogen) atoms. The van der Waals surface area contributed by atoms with E-state index >= 15 is 0 Å². The maximum absolute atomic E-state index is 13.4. The number of nitrogens with zero attached hydrogens (tertiary/aromatic N) is 3. The number of rotatable bonds is 4. The number of thiocarbonyl (C=S) groups is 1. The summed E-state index contributed by atoms with van der Waals surface area (Å²) in [6.07, 6.45) is 0. The third kappa shape index (κ3) is 3.26. The van der Waals surface area contributed by atoms with E-state index in [-0.39, 0.29) is 11.9 Å². The second-order valence-corrected chi connectivity index (χ2v) is 7.41. The molecule has 0 aliphatic carbocycles. The third-order valence-corrected chi connectivity index (χ3v) is 5.72. The van der Waals surface area contributed by atoms with E-state index in [0.29, 0.717) is 23.4 Å². The van der Waals surface area contributed by atoms with Crippen molar-refractivity contribution in [3.8, 4) is 10.7 Å². The minimum absolute atomic E-state index is 0.285. The number of halogens is 1. The predicted octanol–water partition coefficient (Wildman–Crippen LogP) is 4.62. The third-order valence-electron chi connectivity index (χ3n) is 4.51. The summed E-state index contributed by atoms with van der Waals surface area (Å²) < 4.78 is 19.0. The van der Waals surface area contributed by atoms with E-state index in [4.69, 9.17) is 16.7 Å². The summed E-state index contributed by atoms with van der Waals surface area (Å²) in [5.41, 5.74) is 2.66. The molecule has 138 valence electrons. The lowest BCUT2D eigenvalue weighted by molar-refractivity contribution is 0.398. The summed E-state index contributed by atoms with van der Waals surface area (Å²) in [6.45, 7) is 4.72. The molecule has 0 bridgehead atoms. The van der Waals surface area contributed by atoms with Crippen LogP contribution in [0.4, 0.5) is 4.39 Å². The van der Waals surface area contributed by atoms with E-state index in [1.54, 1.807) is 23.5 Å². The number of allylic oxidation sites excluding steroid dienone is 1. The van der Waals surface area contributed by atoms with Crippen molar-refractivity contribution in [2.75, 3.05) is 6.54 Å². The Morgan fingerprint density at radius 2 is 2.07 bits per heavy atom. The van der Waals surface area contributed by atoms with Crippen molar-refractivity contribution in [1.29, 1.82) is 0 Å². The first-order chi connectivity index (χ1) is 13.1. The Kier molecular flexibility index (Phi) is 4.75. The van der Waals surface area contributed by atoms with E-state index in [1.165, 1.54) is 12.1 Å². The van der Waals surface area contributed by atoms with Gasteiger partial charge in [0, 0.05) is 12.2 Å². The van der Waals surface area contributed by atoms with Crippen LogP contribution in [-0.2, 0) is 0 Å². The van der Waals surface area contributed by atoms with Crippen LogP contribution in [-0.4, -0.2) is 26.7 Å². The van der Waals surface area contributed by atoms with Crippen molar-refractivity contribution in [2.45, 2.75) is 19.9 Å². The lowest BCUT2D eigenvalue weighted by Gasteiger charge is -2.36. The molecule has 1 aliphatic heterocycles. The summed E-state index contributed by atoms with van der Waals surface area (Å²) in [6, 6.07) is 9.94. The predicted molar refractivity (Wildman–Crippen MR) is 107 cm³/mol. The van der Waals surface area contributed by atoms with Gasteiger partial charge < -0.3 is 14.7 Å². The highest BCUT2D eigenvalue weighted by atomic mass is 32.1. The zero-order chi connectivity index (χ0) is 19.0. The first-order valence-electron chi connectivity index (χ1n) is 8.50. The second-order valence-electron chi connectivity index (χ2n) is 6.08. The summed E-state index contributed by atoms with van der Waals surface area (Å²) in [7, 11) is 0. The maximum Gasteiger partial charge on any atom is 0.258 e. The van der Waals surface area contributed by atoms with Crippen LogP contribution in [0.5, 0.6) is 0 Å². The highest BCUT2D eigenvalue weighted by molar-refractivity contribution is 7.80. The van der Waals surface area contributed by atoms with Crippen LogP contribution in [0.1, 0.15) is 31.3 Å². The number of benzene rings is 1. The van der Waals surface area contributed by atoms with E-state index in [9.17, 15) is 4.39 Å². The summed E-state index contributed by atoms with van der Waals surface area (Å²) in [4.78, 5) is 7.53. The fourth-order valence-electron chi connectivity index (χ4n) is 3.18. The zero-order valence-corrected chi connectivity index (χ0v) is 16.4. The molecule has 0 saturated heterocycles. The Hall–Kier alpha value is -2.58. The van der Waals surface area contributed by atoms with Gasteiger partial charge in [0.05, 0.1) is 16.5 Å². The van der Waals surface area contributed by atoms with Crippen molar-refractivity contribution in [3.63, 3.8) is 0 Å². The van der Waals surface area contributed by atoms with Crippen LogP contribution in [0.15, 0.2) is 52.0 Å². The van der Waals surface area contributed by atoms with Crippen molar-refractivity contribution in [3.05, 3.63) is 64.7 Å². The molecule has 0 spiro atoms. The van der Waals surface area contributed by atoms with Gasteiger partial charge >= 0.3 is 0 Å². The molecule has 1 atom stereocenters. The van der Waals surface area contributed by atoms with Gasteiger partial charge in [-0.2, -0.15) is 4.98 Å². The minimum Gasteiger partial charge on any atom is -0.351 e. The number of aromatic nitrogens is 2. The number of hydrogen-bond donors (Lipinski definition) is 1. The molecule has 4 rings (SSSR count). The number of thiophene rings is 1. The van der Waals surface area contributed by atoms with Crippen molar-refractivity contribution in [2.24, 2.45) is 0 Å². The van der Waals surface area contributed by atoms with Crippen molar-refractivity contribution < 1.29 is 8.91 Å². The van der Waals surface area contributed by atoms with Crippen molar-refractivity contribution >= 4 is 34.2 Å². The van der Waals surface area contributed by atoms with Gasteiger partial charge in [0.2, 0.25) is 5.82 Å². The molecule has 8 heteroatoms. The van der Waals surface area contributed by atoms with Gasteiger partial charge in [0.25, 0.3) is 5.89 Å². The molecular formula is C19H17FN4OS2. The molecule has 0 amide bonds. The Morgan fingerprint density at radius 1 is 1.30 bits per heavy atom. The standard InChI is InChI=1S/C19H17FN4OS2/c1-3-24-11(2)15(18-22-17(23-25-18)14-5-4-10-27-14)16(21-19(24)26)12-6-8-13(20)9-7-12/h4-10,16H,3H2,1-2H3,(H,21,26). The van der Waals surface area contributed by atoms with Crippen LogP contribution in [0.3, 0.4) is 0 Å². The summed E-state index contributed by atoms with van der Waals surface area (Å²) >= 11 is 7.07. The molecule has 2 aromatic heterocycles. The monoisotopic (exact) mass is 400 g/mol. The lowest BCUT2D eigenvalue weighted by atomic mass is 9.95. The molecular weight excluding hydrogens is 383 g/mol. The van der Waals surface area contributed by atoms with Crippen LogP contribution in [0.25, 0.3) is 16.3 Å². The average molecular weight is 401 g/mol. The molecule has 3 heterocycles. The van der Waals surface area contributed by atoms with Gasteiger partial charge in [-0.05, 0) is 55.2 Å². The fraction of sp³-hybridized carbons (Fsp3) is 0.211. The molecule has 3 aromatic rings. The summed E-state index contributed by atoms with van der Waals surface area (Å²) in [5.74, 6) is 0.695. The lowest BCUT2D eigenvalue weighted by Crippen LogP contribution is -2.45. The number of nitrogens with one attached hydrogen (secondary N) is 1. The second kappa shape index (κ2) is 7.21. The molecule has 1 unspecified atom stereocenters. The van der Waals surface area contributed by atoms with Crippen LogP contribution < -0.4 is 5.32 Å². The van der Waals surface area contributed by atoms with Crippen LogP contribution in [0.2, 0.25) is 0 Å². The summed E-state index contributed by atoms with van der Waals surface area (Å²) in [5, 5.41) is 10.0. The van der Waals surface area contributed by atoms with Crippen LogP contribution in [0, 0.1) is 5.82 Å². The minimum atomic E-state index is -0.294. The highest BCUT2D eigenvalue weighted by Crippen LogP contribution is 2.37. The quantitative estimate of drug-likeness (QED) is 0.645. The van der Waals surface area contributed by atoms with Crippen LogP contribution >= 0.6 is 23.6 Å². The van der Waals surface area contributed by atoms with E-state index in [2.05, 4.69) is 15.5 Å². The first kappa shape index (κ1) is 17.8. The normalized spacial score (nSPS) is 17.4. The Balaban J connectivity index is 1.82. The van der Waals surface area contributed by atoms with Gasteiger partial charge in [0.15, 0.2) is 5.11 Å². The Bertz CT molecular complexity index is 995. The Morgan fingerprint density at radius 3 is 2.74 bits per heavy atom. The highest BCUT2D eigenvalue weighted by Gasteiger charge is 2.33. The van der Waals surface area contributed by atoms with Gasteiger partial charge in [-0.1, -0.05) is 23.4 Å². The molecule has 0 fully saturated rings. The maximum atomic E-state index is 13.4. The Labute approximate surface area is 165 Å². The smallest absolute Gasteiger partial charge is 0.258 e. The SMILES string of the molecule is CCN1C(=S)NC(c2ccc(F)cc2)C(c2nc(-c3cccs3)no2)=C1C. The van der Waals surface area contributed by atoms with Gasteiger partial charge in [-0.3, -0.25) is 0 Å². The molecule has 5 nitrogen and oxygen atoms in total. The topological polar surface area (TPSA) is 54.2 Å². The van der Waals surface area contributed by atoms with Gasteiger partial charge in [-0.15, -0.1) is 11.3 Å². The molecule has 1 aliphatic rings. The van der Waals surface area contributed by atoms with Gasteiger partial charge in [0.1, 0.15) is 5.82 Å². The van der Waals surface area contributed by atoms with E-state index in [1.807, 2.05) is 36.3 Å². The molecule has 1 N–H and O–H groups in total. The largest absolute Gasteiger partial charge is 0.351 e. The first-order valence-corrected chi connectivity index (χ1v) is 9.79. The fourth-order valence-corrected chi connectivity index (χ4v) is 4.22. The van der Waals surface area contributed by atoms with E-state index in [0.717, 1.165) is 21.7 Å². The molecule has 1 aromatic carbocycles. The van der Waals surface area contributed by atoms with E-state index < -0.39 is 0 Å². The number of hydrogen-bond acceptors (Lipinski definition) is 5. The molecule has 0 saturated carbocycles. The molecule has 0 radical (unpaired) electrons.